The van der Waals surface area contributed by atoms with Crippen molar-refractivity contribution in [2.45, 2.75) is 32.9 Å². The Bertz CT molecular complexity index is 702. The molecule has 3 rings (SSSR count). The zero-order valence-electron chi connectivity index (χ0n) is 15.0. The molecule has 0 saturated carbocycles. The molecule has 1 aliphatic rings. The minimum atomic E-state index is 0.115. The van der Waals surface area contributed by atoms with Crippen molar-refractivity contribution < 1.29 is 4.79 Å². The highest BCUT2D eigenvalue weighted by atomic mass is 16.2. The van der Waals surface area contributed by atoms with Crippen LogP contribution in [0.15, 0.2) is 30.7 Å². The van der Waals surface area contributed by atoms with Crippen LogP contribution in [0.4, 0.5) is 0 Å². The van der Waals surface area contributed by atoms with E-state index in [1.165, 1.54) is 0 Å². The van der Waals surface area contributed by atoms with E-state index < -0.39 is 0 Å². The van der Waals surface area contributed by atoms with Crippen molar-refractivity contribution in [2.24, 2.45) is 7.05 Å². The van der Waals surface area contributed by atoms with Crippen LogP contribution in [0.1, 0.15) is 49.2 Å². The maximum Gasteiger partial charge on any atom is 0.270 e. The van der Waals surface area contributed by atoms with E-state index in [1.807, 2.05) is 47.2 Å². The second-order valence-electron chi connectivity index (χ2n) is 6.69. The number of likely N-dealkylation sites (N-methyl/N-ethyl adjacent to an activating group) is 1. The summed E-state index contributed by atoms with van der Waals surface area (Å²) in [5, 5.41) is 0. The van der Waals surface area contributed by atoms with E-state index in [-0.39, 0.29) is 18.0 Å². The number of aromatic nitrogens is 3. The Morgan fingerprint density at radius 1 is 1.33 bits per heavy atom. The summed E-state index contributed by atoms with van der Waals surface area (Å²) in [6.07, 6.45) is 5.78. The third kappa shape index (κ3) is 2.98. The summed E-state index contributed by atoms with van der Waals surface area (Å²) in [6.45, 7) is 9.64. The number of imidazole rings is 1. The van der Waals surface area contributed by atoms with Crippen molar-refractivity contribution in [3.63, 3.8) is 0 Å². The second kappa shape index (κ2) is 6.81. The van der Waals surface area contributed by atoms with Gasteiger partial charge in [0.1, 0.15) is 11.5 Å². The molecule has 130 valence electrons. The van der Waals surface area contributed by atoms with Crippen molar-refractivity contribution >= 4 is 5.91 Å². The highest BCUT2D eigenvalue weighted by Crippen LogP contribution is 2.25. The van der Waals surface area contributed by atoms with Crippen LogP contribution < -0.4 is 0 Å². The Kier molecular flexibility index (Phi) is 4.76. The number of amides is 1. The molecule has 0 aliphatic carbocycles. The number of hydrogen-bond acceptors (Lipinski definition) is 3. The van der Waals surface area contributed by atoms with E-state index in [9.17, 15) is 4.79 Å². The normalized spacial score (nSPS) is 19.2. The van der Waals surface area contributed by atoms with Gasteiger partial charge < -0.3 is 14.0 Å². The molecule has 0 N–H and O–H groups in total. The molecule has 3 heterocycles. The van der Waals surface area contributed by atoms with Crippen molar-refractivity contribution in [1.82, 2.24) is 23.9 Å². The van der Waals surface area contributed by atoms with Crippen LogP contribution in [0, 0.1) is 0 Å². The van der Waals surface area contributed by atoms with E-state index in [0.29, 0.717) is 6.54 Å². The van der Waals surface area contributed by atoms with Crippen molar-refractivity contribution in [3.8, 4) is 0 Å². The van der Waals surface area contributed by atoms with E-state index in [2.05, 4.69) is 35.2 Å². The zero-order valence-corrected chi connectivity index (χ0v) is 15.0. The molecule has 1 amide bonds. The van der Waals surface area contributed by atoms with Crippen LogP contribution in [-0.4, -0.2) is 56.0 Å². The van der Waals surface area contributed by atoms with E-state index in [1.54, 1.807) is 0 Å². The van der Waals surface area contributed by atoms with Gasteiger partial charge in [0.05, 0.1) is 6.04 Å². The monoisotopic (exact) mass is 329 g/mol. The van der Waals surface area contributed by atoms with Gasteiger partial charge in [0.15, 0.2) is 0 Å². The van der Waals surface area contributed by atoms with Crippen LogP contribution in [0.3, 0.4) is 0 Å². The molecule has 2 aromatic rings. The third-order valence-corrected chi connectivity index (χ3v) is 4.90. The van der Waals surface area contributed by atoms with Gasteiger partial charge in [-0.25, -0.2) is 4.98 Å². The Balaban J connectivity index is 1.84. The number of rotatable bonds is 4. The summed E-state index contributed by atoms with van der Waals surface area (Å²) < 4.78 is 4.10. The average Bonchev–Trinajstić information content (AvgIpc) is 3.22. The van der Waals surface area contributed by atoms with Gasteiger partial charge in [-0.3, -0.25) is 9.69 Å². The fraction of sp³-hybridized carbons (Fsp3) is 0.556. The Morgan fingerprint density at radius 2 is 2.12 bits per heavy atom. The molecule has 1 saturated heterocycles. The summed E-state index contributed by atoms with van der Waals surface area (Å²) in [5.74, 6) is 1.14. The number of piperazine rings is 1. The van der Waals surface area contributed by atoms with Crippen LogP contribution in [-0.2, 0) is 7.05 Å². The predicted molar refractivity (Wildman–Crippen MR) is 93.9 cm³/mol. The molecule has 2 aromatic heterocycles. The van der Waals surface area contributed by atoms with Gasteiger partial charge in [0.2, 0.25) is 0 Å². The minimum Gasteiger partial charge on any atom is -0.341 e. The lowest BCUT2D eigenvalue weighted by molar-refractivity contribution is 0.0462. The SMILES string of the molecule is CCN1CCN(C(=O)c2cccn2C(C)C)CC1c1nccn1C. The second-order valence-corrected chi connectivity index (χ2v) is 6.69. The van der Waals surface area contributed by atoms with Gasteiger partial charge in [0.25, 0.3) is 5.91 Å². The van der Waals surface area contributed by atoms with Gasteiger partial charge in [-0.05, 0) is 32.5 Å². The molecule has 0 aromatic carbocycles. The quantitative estimate of drug-likeness (QED) is 0.865. The van der Waals surface area contributed by atoms with E-state index in [0.717, 1.165) is 31.2 Å². The van der Waals surface area contributed by atoms with Crippen molar-refractivity contribution in [3.05, 3.63) is 42.2 Å². The standard InChI is InChI=1S/C18H27N5O/c1-5-21-11-12-22(13-16(21)17-19-8-10-20(17)4)18(24)15-7-6-9-23(15)14(2)3/h6-10,14,16H,5,11-13H2,1-4H3. The summed E-state index contributed by atoms with van der Waals surface area (Å²) in [4.78, 5) is 21.9. The fourth-order valence-corrected chi connectivity index (χ4v) is 3.51. The lowest BCUT2D eigenvalue weighted by Crippen LogP contribution is -2.51. The maximum absolute atomic E-state index is 13.0. The number of aryl methyl sites for hydroxylation is 1. The minimum absolute atomic E-state index is 0.115. The summed E-state index contributed by atoms with van der Waals surface area (Å²) >= 11 is 0. The smallest absolute Gasteiger partial charge is 0.270 e. The average molecular weight is 329 g/mol. The lowest BCUT2D eigenvalue weighted by Gasteiger charge is -2.40. The first-order valence-electron chi connectivity index (χ1n) is 8.70. The number of hydrogen-bond donors (Lipinski definition) is 0. The van der Waals surface area contributed by atoms with Gasteiger partial charge in [-0.1, -0.05) is 6.92 Å². The molecule has 6 heteroatoms. The van der Waals surface area contributed by atoms with Gasteiger partial charge >= 0.3 is 0 Å². The predicted octanol–water partition coefficient (Wildman–Crippen LogP) is 2.32. The summed E-state index contributed by atoms with van der Waals surface area (Å²) in [7, 11) is 2.01. The number of carbonyl (C=O) groups is 1. The molecule has 1 unspecified atom stereocenters. The molecule has 1 aliphatic heterocycles. The lowest BCUT2D eigenvalue weighted by atomic mass is 10.1. The highest BCUT2D eigenvalue weighted by Gasteiger charge is 2.33. The third-order valence-electron chi connectivity index (χ3n) is 4.90. The summed E-state index contributed by atoms with van der Waals surface area (Å²) in [5.41, 5.74) is 0.772. The fourth-order valence-electron chi connectivity index (χ4n) is 3.51. The molecule has 0 spiro atoms. The van der Waals surface area contributed by atoms with E-state index >= 15 is 0 Å². The van der Waals surface area contributed by atoms with Gasteiger partial charge in [-0.2, -0.15) is 0 Å². The molecule has 6 nitrogen and oxygen atoms in total. The summed E-state index contributed by atoms with van der Waals surface area (Å²) in [6, 6.07) is 4.30. The Labute approximate surface area is 143 Å². The molecule has 1 fully saturated rings. The van der Waals surface area contributed by atoms with Crippen LogP contribution in [0.2, 0.25) is 0 Å². The van der Waals surface area contributed by atoms with Crippen LogP contribution in [0.25, 0.3) is 0 Å². The van der Waals surface area contributed by atoms with Gasteiger partial charge in [0, 0.05) is 51.3 Å². The number of carbonyl (C=O) groups excluding carboxylic acids is 1. The molecule has 0 radical (unpaired) electrons. The van der Waals surface area contributed by atoms with Crippen LogP contribution >= 0.6 is 0 Å². The first-order chi connectivity index (χ1) is 11.5. The van der Waals surface area contributed by atoms with Crippen molar-refractivity contribution in [2.75, 3.05) is 26.2 Å². The van der Waals surface area contributed by atoms with Gasteiger partial charge in [-0.15, -0.1) is 0 Å². The number of nitrogens with zero attached hydrogens (tertiary/aromatic N) is 5. The molecular weight excluding hydrogens is 302 g/mol. The zero-order chi connectivity index (χ0) is 17.3. The topological polar surface area (TPSA) is 46.3 Å². The van der Waals surface area contributed by atoms with E-state index in [4.69, 9.17) is 0 Å². The first kappa shape index (κ1) is 16.8. The molecule has 0 bridgehead atoms. The molecular formula is C18H27N5O. The van der Waals surface area contributed by atoms with Crippen molar-refractivity contribution in [1.29, 1.82) is 0 Å². The van der Waals surface area contributed by atoms with Crippen LogP contribution in [0.5, 0.6) is 0 Å². The molecule has 1 atom stereocenters. The molecule has 24 heavy (non-hydrogen) atoms. The Hall–Kier alpha value is -2.08. The maximum atomic E-state index is 13.0. The first-order valence-corrected chi connectivity index (χ1v) is 8.70. The Morgan fingerprint density at radius 3 is 2.75 bits per heavy atom. The largest absolute Gasteiger partial charge is 0.341 e. The highest BCUT2D eigenvalue weighted by molar-refractivity contribution is 5.93.